The quantitative estimate of drug-likeness (QED) is 0.519. The third-order valence-electron chi connectivity index (χ3n) is 4.13. The topological polar surface area (TPSA) is 46.7 Å². The second-order valence-electron chi connectivity index (χ2n) is 4.61. The van der Waals surface area contributed by atoms with Crippen LogP contribution >= 0.6 is 0 Å². The summed E-state index contributed by atoms with van der Waals surface area (Å²) >= 11 is 0. The van der Waals surface area contributed by atoms with Crippen molar-refractivity contribution in [3.8, 4) is 0 Å². The molecular formula is C10H12O3. The van der Waals surface area contributed by atoms with E-state index < -0.39 is 0 Å². The maximum atomic E-state index is 11.7. The third-order valence-corrected chi connectivity index (χ3v) is 4.13. The SMILES string of the molecule is C[C@@]12CCC(=O)C3OC31CCC2=O. The van der Waals surface area contributed by atoms with Gasteiger partial charge in [0.05, 0.1) is 5.41 Å². The molecule has 0 radical (unpaired) electrons. The maximum absolute atomic E-state index is 11.7. The molecule has 3 heteroatoms. The third kappa shape index (κ3) is 0.633. The highest BCUT2D eigenvalue weighted by Gasteiger charge is 2.76. The summed E-state index contributed by atoms with van der Waals surface area (Å²) in [5.41, 5.74) is -0.703. The predicted molar refractivity (Wildman–Crippen MR) is 44.2 cm³/mol. The van der Waals surface area contributed by atoms with Crippen LogP contribution in [0.3, 0.4) is 0 Å². The number of ether oxygens (including phenoxy) is 1. The van der Waals surface area contributed by atoms with Crippen molar-refractivity contribution in [2.24, 2.45) is 5.41 Å². The Kier molecular flexibility index (Phi) is 1.11. The zero-order valence-electron chi connectivity index (χ0n) is 7.63. The average Bonchev–Trinajstić information content (AvgIpc) is 2.80. The average molecular weight is 180 g/mol. The van der Waals surface area contributed by atoms with Crippen molar-refractivity contribution >= 4 is 11.6 Å². The first-order valence-electron chi connectivity index (χ1n) is 4.84. The van der Waals surface area contributed by atoms with Gasteiger partial charge in [-0.25, -0.2) is 0 Å². The van der Waals surface area contributed by atoms with Crippen molar-refractivity contribution < 1.29 is 14.3 Å². The van der Waals surface area contributed by atoms with Crippen LogP contribution < -0.4 is 0 Å². The molecule has 1 aliphatic heterocycles. The monoisotopic (exact) mass is 180 g/mol. The standard InChI is InChI=1S/C10H12O3/c1-9-4-2-6(11)8-10(9,13-8)5-3-7(9)12/h8H,2-5H2,1H3/t8?,9-,10?/m0/s1. The lowest BCUT2D eigenvalue weighted by molar-refractivity contribution is -0.129. The minimum absolute atomic E-state index is 0.201. The zero-order valence-corrected chi connectivity index (χ0v) is 7.63. The number of epoxide rings is 1. The van der Waals surface area contributed by atoms with E-state index in [2.05, 4.69) is 0 Å². The van der Waals surface area contributed by atoms with Crippen molar-refractivity contribution in [3.63, 3.8) is 0 Å². The van der Waals surface area contributed by atoms with Gasteiger partial charge >= 0.3 is 0 Å². The van der Waals surface area contributed by atoms with Gasteiger partial charge in [-0.2, -0.15) is 0 Å². The molecule has 13 heavy (non-hydrogen) atoms. The highest BCUT2D eigenvalue weighted by molar-refractivity contribution is 5.97. The lowest BCUT2D eigenvalue weighted by Gasteiger charge is -2.30. The fourth-order valence-corrected chi connectivity index (χ4v) is 3.05. The first-order chi connectivity index (χ1) is 6.10. The van der Waals surface area contributed by atoms with E-state index in [4.69, 9.17) is 4.74 Å². The number of hydrogen-bond donors (Lipinski definition) is 0. The van der Waals surface area contributed by atoms with Crippen molar-refractivity contribution in [2.45, 2.75) is 44.3 Å². The summed E-state index contributed by atoms with van der Waals surface area (Å²) < 4.78 is 5.50. The van der Waals surface area contributed by atoms with Crippen LogP contribution in [0.2, 0.25) is 0 Å². The molecule has 0 aromatic heterocycles. The molecule has 3 rings (SSSR count). The molecule has 0 aromatic rings. The summed E-state index contributed by atoms with van der Waals surface area (Å²) in [6.45, 7) is 1.97. The Bertz CT molecular complexity index is 322. The largest absolute Gasteiger partial charge is 0.357 e. The second-order valence-corrected chi connectivity index (χ2v) is 4.61. The molecule has 3 fully saturated rings. The molecule has 2 unspecified atom stereocenters. The van der Waals surface area contributed by atoms with Gasteiger partial charge in [-0.05, 0) is 19.8 Å². The van der Waals surface area contributed by atoms with E-state index in [1.54, 1.807) is 0 Å². The van der Waals surface area contributed by atoms with E-state index in [1.165, 1.54) is 0 Å². The summed E-state index contributed by atoms with van der Waals surface area (Å²) in [6.07, 6.45) is 2.34. The number of hydrogen-bond acceptors (Lipinski definition) is 3. The molecule has 2 saturated carbocycles. The highest BCUT2D eigenvalue weighted by Crippen LogP contribution is 2.63. The van der Waals surface area contributed by atoms with Crippen molar-refractivity contribution in [1.29, 1.82) is 0 Å². The van der Waals surface area contributed by atoms with Gasteiger partial charge in [0, 0.05) is 12.8 Å². The Morgan fingerprint density at radius 1 is 1.31 bits per heavy atom. The van der Waals surface area contributed by atoms with E-state index in [1.807, 2.05) is 6.92 Å². The molecule has 1 spiro atoms. The fourth-order valence-electron chi connectivity index (χ4n) is 3.05. The van der Waals surface area contributed by atoms with Crippen LogP contribution in [-0.2, 0) is 14.3 Å². The van der Waals surface area contributed by atoms with Crippen LogP contribution in [0.5, 0.6) is 0 Å². The van der Waals surface area contributed by atoms with E-state index in [0.29, 0.717) is 25.0 Å². The van der Waals surface area contributed by atoms with Crippen LogP contribution in [0.1, 0.15) is 32.6 Å². The van der Waals surface area contributed by atoms with Crippen LogP contribution in [-0.4, -0.2) is 23.3 Å². The Morgan fingerprint density at radius 3 is 2.85 bits per heavy atom. The van der Waals surface area contributed by atoms with Gasteiger partial charge in [-0.1, -0.05) is 0 Å². The number of rotatable bonds is 0. The molecule has 0 N–H and O–H groups in total. The van der Waals surface area contributed by atoms with Gasteiger partial charge in [0.25, 0.3) is 0 Å². The fraction of sp³-hybridized carbons (Fsp3) is 0.800. The molecule has 1 heterocycles. The highest BCUT2D eigenvalue weighted by atomic mass is 16.6. The molecule has 70 valence electrons. The van der Waals surface area contributed by atoms with Gasteiger partial charge in [-0.15, -0.1) is 0 Å². The molecular weight excluding hydrogens is 168 g/mol. The number of carbonyl (C=O) groups is 2. The smallest absolute Gasteiger partial charge is 0.164 e. The van der Waals surface area contributed by atoms with Gasteiger partial charge in [0.2, 0.25) is 0 Å². The number of carbonyl (C=O) groups excluding carboxylic acids is 2. The normalized spacial score (nSPS) is 53.2. The molecule has 3 nitrogen and oxygen atoms in total. The summed E-state index contributed by atoms with van der Waals surface area (Å²) in [6, 6.07) is 0. The molecule has 0 amide bonds. The second kappa shape index (κ2) is 1.87. The Morgan fingerprint density at radius 2 is 2.08 bits per heavy atom. The molecule has 0 bridgehead atoms. The lowest BCUT2D eigenvalue weighted by Crippen LogP contribution is -2.43. The van der Waals surface area contributed by atoms with E-state index >= 15 is 0 Å². The van der Waals surface area contributed by atoms with Crippen LogP contribution in [0.15, 0.2) is 0 Å². The number of ketones is 2. The minimum Gasteiger partial charge on any atom is -0.357 e. The van der Waals surface area contributed by atoms with Crippen LogP contribution in [0.4, 0.5) is 0 Å². The minimum atomic E-state index is -0.362. The first kappa shape index (κ1) is 7.68. The van der Waals surface area contributed by atoms with E-state index in [0.717, 1.165) is 6.42 Å². The Hall–Kier alpha value is -0.700. The van der Waals surface area contributed by atoms with E-state index in [9.17, 15) is 9.59 Å². The van der Waals surface area contributed by atoms with Crippen molar-refractivity contribution in [2.75, 3.05) is 0 Å². The van der Waals surface area contributed by atoms with Crippen molar-refractivity contribution in [3.05, 3.63) is 0 Å². The summed E-state index contributed by atoms with van der Waals surface area (Å²) in [7, 11) is 0. The predicted octanol–water partition coefficient (Wildman–Crippen LogP) is 0.856. The van der Waals surface area contributed by atoms with E-state index in [-0.39, 0.29) is 22.9 Å². The summed E-state index contributed by atoms with van der Waals surface area (Å²) in [5.74, 6) is 0.495. The van der Waals surface area contributed by atoms with Gasteiger partial charge < -0.3 is 4.74 Å². The summed E-state index contributed by atoms with van der Waals surface area (Å²) in [5, 5.41) is 0. The maximum Gasteiger partial charge on any atom is 0.164 e. The molecule has 3 atom stereocenters. The van der Waals surface area contributed by atoms with Crippen LogP contribution in [0.25, 0.3) is 0 Å². The van der Waals surface area contributed by atoms with Gasteiger partial charge in [-0.3, -0.25) is 9.59 Å². The Balaban J connectivity index is 2.07. The molecule has 2 aliphatic carbocycles. The molecule has 1 saturated heterocycles. The number of Topliss-reactive ketones (excluding diaryl/α,β-unsaturated/α-hetero) is 2. The van der Waals surface area contributed by atoms with Gasteiger partial charge in [0.15, 0.2) is 5.78 Å². The van der Waals surface area contributed by atoms with Crippen molar-refractivity contribution in [1.82, 2.24) is 0 Å². The molecule has 0 aromatic carbocycles. The lowest BCUT2D eigenvalue weighted by atomic mass is 9.68. The summed E-state index contributed by atoms with van der Waals surface area (Å²) in [4.78, 5) is 23.1. The first-order valence-corrected chi connectivity index (χ1v) is 4.84. The van der Waals surface area contributed by atoms with Gasteiger partial charge in [0.1, 0.15) is 17.5 Å². The zero-order chi connectivity index (χ0) is 9.27. The Labute approximate surface area is 76.4 Å². The van der Waals surface area contributed by atoms with Crippen LogP contribution in [0, 0.1) is 5.41 Å². The molecule has 3 aliphatic rings.